The molecule has 4 aromatic rings. The quantitative estimate of drug-likeness (QED) is 0.385. The van der Waals surface area contributed by atoms with E-state index in [0.29, 0.717) is 16.9 Å². The maximum Gasteiger partial charge on any atom is 0.435 e. The minimum Gasteiger partial charge on any atom is -0.351 e. The second kappa shape index (κ2) is 5.89. The second-order valence-electron chi connectivity index (χ2n) is 7.57. The van der Waals surface area contributed by atoms with Crippen molar-refractivity contribution in [3.63, 3.8) is 0 Å². The van der Waals surface area contributed by atoms with Gasteiger partial charge in [0.25, 0.3) is 0 Å². The first-order chi connectivity index (χ1) is 13.8. The predicted octanol–water partition coefficient (Wildman–Crippen LogP) is 6.61. The molecule has 3 aromatic carbocycles. The Hall–Kier alpha value is -3.21. The number of halogens is 3. The molecule has 1 atom stereocenters. The molecule has 146 valence electrons. The minimum absolute atomic E-state index is 0.168. The number of anilines is 1. The number of hydrogen-bond acceptors (Lipinski definition) is 1. The number of aromatic nitrogens is 1. The molecule has 2 heterocycles. The normalized spacial score (nSPS) is 18.2. The van der Waals surface area contributed by atoms with Crippen molar-refractivity contribution in [2.24, 2.45) is 0 Å². The average Bonchev–Trinajstić information content (AvgIpc) is 3.00. The number of benzene rings is 3. The van der Waals surface area contributed by atoms with Gasteiger partial charge >= 0.3 is 6.18 Å². The number of hydrogen-bond donors (Lipinski definition) is 1. The van der Waals surface area contributed by atoms with Gasteiger partial charge in [0.1, 0.15) is 0 Å². The predicted molar refractivity (Wildman–Crippen MR) is 110 cm³/mol. The molecule has 1 aromatic heterocycles. The van der Waals surface area contributed by atoms with Gasteiger partial charge in [-0.1, -0.05) is 66.2 Å². The molecule has 2 nitrogen and oxygen atoms in total. The van der Waals surface area contributed by atoms with Crippen LogP contribution in [0.4, 0.5) is 18.9 Å². The standard InChI is InChI=1S/C24H19F3N2/c1-15-8-7-9-17(14-15)23(24(25,26)27)28-20-12-5-3-11-19(20)22-16(2)18-10-4-6-13-21(18)29(22)23/h3-14,28H,1-2H3. The third-order valence-electron chi connectivity index (χ3n) is 5.81. The molecule has 0 bridgehead atoms. The molecule has 1 unspecified atom stereocenters. The zero-order valence-electron chi connectivity index (χ0n) is 16.0. The van der Waals surface area contributed by atoms with Gasteiger partial charge in [0.15, 0.2) is 0 Å². The zero-order valence-corrected chi connectivity index (χ0v) is 16.0. The lowest BCUT2D eigenvalue weighted by molar-refractivity contribution is -0.189. The fourth-order valence-corrected chi connectivity index (χ4v) is 4.55. The Labute approximate surface area is 166 Å². The van der Waals surface area contributed by atoms with Gasteiger partial charge in [-0.25, -0.2) is 0 Å². The smallest absolute Gasteiger partial charge is 0.351 e. The lowest BCUT2D eigenvalue weighted by Crippen LogP contribution is -2.56. The number of nitrogens with zero attached hydrogens (tertiary/aromatic N) is 1. The van der Waals surface area contributed by atoms with E-state index in [1.165, 1.54) is 4.57 Å². The van der Waals surface area contributed by atoms with Gasteiger partial charge in [0.05, 0.1) is 11.2 Å². The van der Waals surface area contributed by atoms with Gasteiger partial charge in [-0.2, -0.15) is 13.2 Å². The van der Waals surface area contributed by atoms with Crippen molar-refractivity contribution in [1.82, 2.24) is 4.57 Å². The topological polar surface area (TPSA) is 17.0 Å². The van der Waals surface area contributed by atoms with Crippen molar-refractivity contribution in [2.75, 3.05) is 5.32 Å². The van der Waals surface area contributed by atoms with Crippen molar-refractivity contribution >= 4 is 16.6 Å². The van der Waals surface area contributed by atoms with Crippen molar-refractivity contribution in [3.05, 3.63) is 89.5 Å². The lowest BCUT2D eigenvalue weighted by atomic mass is 9.91. The number of alkyl halides is 3. The molecule has 29 heavy (non-hydrogen) atoms. The first kappa shape index (κ1) is 17.9. The zero-order chi connectivity index (χ0) is 20.4. The van der Waals surface area contributed by atoms with Crippen LogP contribution in [0.15, 0.2) is 72.8 Å². The van der Waals surface area contributed by atoms with Crippen LogP contribution >= 0.6 is 0 Å². The third-order valence-corrected chi connectivity index (χ3v) is 5.81. The van der Waals surface area contributed by atoms with Gasteiger partial charge in [0, 0.05) is 22.2 Å². The Kier molecular flexibility index (Phi) is 3.63. The molecular weight excluding hydrogens is 373 g/mol. The molecular formula is C24H19F3N2. The van der Waals surface area contributed by atoms with E-state index in [-0.39, 0.29) is 5.56 Å². The minimum atomic E-state index is -4.59. The van der Waals surface area contributed by atoms with E-state index in [0.717, 1.165) is 22.1 Å². The Morgan fingerprint density at radius 1 is 0.862 bits per heavy atom. The molecule has 5 heteroatoms. The molecule has 0 spiro atoms. The van der Waals surface area contributed by atoms with E-state index in [1.54, 1.807) is 42.5 Å². The van der Waals surface area contributed by atoms with Crippen LogP contribution in [-0.2, 0) is 5.66 Å². The van der Waals surface area contributed by atoms with Crippen LogP contribution in [-0.4, -0.2) is 10.7 Å². The highest BCUT2D eigenvalue weighted by atomic mass is 19.4. The maximum atomic E-state index is 15.0. The number of aryl methyl sites for hydroxylation is 2. The second-order valence-corrected chi connectivity index (χ2v) is 7.57. The van der Waals surface area contributed by atoms with Crippen molar-refractivity contribution < 1.29 is 13.2 Å². The fraction of sp³-hybridized carbons (Fsp3) is 0.167. The van der Waals surface area contributed by atoms with Crippen LogP contribution in [0.1, 0.15) is 16.7 Å². The summed E-state index contributed by atoms with van der Waals surface area (Å²) in [7, 11) is 0. The van der Waals surface area contributed by atoms with Crippen LogP contribution in [0.25, 0.3) is 22.2 Å². The van der Waals surface area contributed by atoms with E-state index in [1.807, 2.05) is 44.2 Å². The Morgan fingerprint density at radius 2 is 1.59 bits per heavy atom. The molecule has 0 amide bonds. The van der Waals surface area contributed by atoms with Crippen LogP contribution in [0, 0.1) is 13.8 Å². The van der Waals surface area contributed by atoms with Gasteiger partial charge in [-0.15, -0.1) is 0 Å². The monoisotopic (exact) mass is 392 g/mol. The number of nitrogens with one attached hydrogen (secondary N) is 1. The molecule has 0 saturated heterocycles. The van der Waals surface area contributed by atoms with Crippen molar-refractivity contribution in [3.8, 4) is 11.3 Å². The summed E-state index contributed by atoms with van der Waals surface area (Å²) in [6, 6.07) is 21.2. The van der Waals surface area contributed by atoms with E-state index < -0.39 is 11.8 Å². The first-order valence-corrected chi connectivity index (χ1v) is 9.46. The Bertz CT molecular complexity index is 1250. The fourth-order valence-electron chi connectivity index (χ4n) is 4.55. The van der Waals surface area contributed by atoms with Gasteiger partial charge in [0.2, 0.25) is 5.66 Å². The highest BCUT2D eigenvalue weighted by Gasteiger charge is 2.61. The summed E-state index contributed by atoms with van der Waals surface area (Å²) in [4.78, 5) is 0. The molecule has 0 radical (unpaired) electrons. The molecule has 0 saturated carbocycles. The highest BCUT2D eigenvalue weighted by molar-refractivity contribution is 5.96. The summed E-state index contributed by atoms with van der Waals surface area (Å²) >= 11 is 0. The Morgan fingerprint density at radius 3 is 2.34 bits per heavy atom. The maximum absolute atomic E-state index is 15.0. The van der Waals surface area contributed by atoms with E-state index in [2.05, 4.69) is 5.32 Å². The summed E-state index contributed by atoms with van der Waals surface area (Å²) in [6.07, 6.45) is -4.59. The average molecular weight is 392 g/mol. The molecule has 1 N–H and O–H groups in total. The molecule has 1 aliphatic rings. The van der Waals surface area contributed by atoms with Gasteiger partial charge in [-0.3, -0.25) is 0 Å². The summed E-state index contributed by atoms with van der Waals surface area (Å²) < 4.78 is 46.6. The highest BCUT2D eigenvalue weighted by Crippen LogP contribution is 2.53. The third kappa shape index (κ3) is 2.30. The van der Waals surface area contributed by atoms with Crippen LogP contribution < -0.4 is 5.32 Å². The largest absolute Gasteiger partial charge is 0.435 e. The molecule has 0 aliphatic carbocycles. The van der Waals surface area contributed by atoms with Crippen LogP contribution in [0.3, 0.4) is 0 Å². The van der Waals surface area contributed by atoms with Gasteiger partial charge in [-0.05, 0) is 31.5 Å². The van der Waals surface area contributed by atoms with Gasteiger partial charge < -0.3 is 9.88 Å². The van der Waals surface area contributed by atoms with E-state index >= 15 is 13.2 Å². The Balaban J connectivity index is 2.01. The molecule has 5 rings (SSSR count). The van der Waals surface area contributed by atoms with E-state index in [4.69, 9.17) is 0 Å². The molecule has 1 aliphatic heterocycles. The number of rotatable bonds is 1. The van der Waals surface area contributed by atoms with Crippen molar-refractivity contribution in [1.29, 1.82) is 0 Å². The summed E-state index contributed by atoms with van der Waals surface area (Å²) in [5, 5.41) is 3.72. The lowest BCUT2D eigenvalue weighted by Gasteiger charge is -2.44. The van der Waals surface area contributed by atoms with Crippen LogP contribution in [0.2, 0.25) is 0 Å². The summed E-state index contributed by atoms with van der Waals surface area (Å²) in [5.41, 5.74) is 1.79. The number of para-hydroxylation sites is 2. The van der Waals surface area contributed by atoms with E-state index in [9.17, 15) is 0 Å². The van der Waals surface area contributed by atoms with Crippen molar-refractivity contribution in [2.45, 2.75) is 25.7 Å². The summed E-state index contributed by atoms with van der Waals surface area (Å²) in [6.45, 7) is 3.71. The SMILES string of the molecule is Cc1cccc(C2(C(F)(F)F)Nc3ccccc3-c3c(C)c4ccccc4n32)c1. The number of fused-ring (bicyclic) bond motifs is 5. The molecule has 0 fully saturated rings. The first-order valence-electron chi connectivity index (χ1n) is 9.46. The van der Waals surface area contributed by atoms with Crippen LogP contribution in [0.5, 0.6) is 0 Å². The summed E-state index contributed by atoms with van der Waals surface area (Å²) in [5.74, 6) is 0.